The van der Waals surface area contributed by atoms with Crippen molar-refractivity contribution in [3.8, 4) is 5.75 Å². The van der Waals surface area contributed by atoms with E-state index in [2.05, 4.69) is 15.3 Å². The molecule has 186 valence electrons. The molecule has 1 saturated carbocycles. The van der Waals surface area contributed by atoms with Gasteiger partial charge in [0.25, 0.3) is 5.91 Å². The number of carbonyl (C=O) groups excluding carboxylic acids is 2. The van der Waals surface area contributed by atoms with Gasteiger partial charge in [-0.05, 0) is 26.0 Å². The second-order valence-electron chi connectivity index (χ2n) is 9.54. The number of carbonyl (C=O) groups is 2. The number of aryl methyl sites for hydroxylation is 2. The molecular formula is C25H29ClFN5O3. The van der Waals surface area contributed by atoms with Gasteiger partial charge in [-0.2, -0.15) is 0 Å². The molecule has 0 radical (unpaired) electrons. The minimum atomic E-state index is -0.506. The lowest BCUT2D eigenvalue weighted by atomic mass is 9.88. The summed E-state index contributed by atoms with van der Waals surface area (Å²) in [7, 11) is 0. The van der Waals surface area contributed by atoms with Gasteiger partial charge in [-0.3, -0.25) is 9.59 Å². The lowest BCUT2D eigenvalue weighted by Crippen LogP contribution is -2.50. The number of amides is 2. The molecule has 8 nitrogen and oxygen atoms in total. The summed E-state index contributed by atoms with van der Waals surface area (Å²) >= 11 is 6.18. The van der Waals surface area contributed by atoms with Gasteiger partial charge >= 0.3 is 0 Å². The molecule has 1 aliphatic carbocycles. The van der Waals surface area contributed by atoms with Crippen molar-refractivity contribution in [3.05, 3.63) is 51.8 Å². The van der Waals surface area contributed by atoms with E-state index >= 15 is 0 Å². The zero-order valence-electron chi connectivity index (χ0n) is 20.2. The lowest BCUT2D eigenvalue weighted by Gasteiger charge is -2.36. The Hall–Kier alpha value is -3.07. The number of aromatic nitrogens is 2. The van der Waals surface area contributed by atoms with E-state index in [1.807, 2.05) is 13.8 Å². The first kappa shape index (κ1) is 25.0. The average molecular weight is 502 g/mol. The smallest absolute Gasteiger partial charge is 0.257 e. The van der Waals surface area contributed by atoms with Gasteiger partial charge in [-0.1, -0.05) is 25.4 Å². The quantitative estimate of drug-likeness (QED) is 0.625. The predicted molar refractivity (Wildman–Crippen MR) is 130 cm³/mol. The first-order chi connectivity index (χ1) is 16.5. The molecule has 2 aliphatic rings. The average Bonchev–Trinajstić information content (AvgIpc) is 3.16. The van der Waals surface area contributed by atoms with Crippen LogP contribution in [-0.2, 0) is 4.79 Å². The van der Waals surface area contributed by atoms with Crippen LogP contribution >= 0.6 is 11.6 Å². The molecule has 1 aromatic heterocycles. The molecule has 0 spiro atoms. The molecule has 1 saturated heterocycles. The number of hydrogen-bond donors (Lipinski definition) is 2. The standard InChI is InChI=1S/C25H29ClFN5O3/c1-12(2)24(33)31-16-8-17(9-16)35-21-7-15(27)5-6-18(21)25(34)32-10-19(20(28)11-32)23-29-13(3)22(26)14(4)30-23/h5-7,12,16-17,19,28H,8-11H2,1-4H3,(H,31,33). The van der Waals surface area contributed by atoms with E-state index in [4.69, 9.17) is 21.7 Å². The van der Waals surface area contributed by atoms with E-state index in [0.29, 0.717) is 40.8 Å². The van der Waals surface area contributed by atoms with E-state index in [1.54, 1.807) is 13.8 Å². The number of halogens is 2. The van der Waals surface area contributed by atoms with Gasteiger partial charge in [0.15, 0.2) is 0 Å². The molecule has 1 atom stereocenters. The van der Waals surface area contributed by atoms with Crippen LogP contribution in [0.5, 0.6) is 5.75 Å². The van der Waals surface area contributed by atoms with Crippen LogP contribution in [0.2, 0.25) is 5.02 Å². The summed E-state index contributed by atoms with van der Waals surface area (Å²) in [4.78, 5) is 35.6. The third-order valence-electron chi connectivity index (χ3n) is 6.42. The second-order valence-corrected chi connectivity index (χ2v) is 9.92. The van der Waals surface area contributed by atoms with Crippen molar-refractivity contribution in [2.75, 3.05) is 13.1 Å². The van der Waals surface area contributed by atoms with Crippen molar-refractivity contribution >= 4 is 29.1 Å². The summed E-state index contributed by atoms with van der Waals surface area (Å²) in [5, 5.41) is 11.9. The van der Waals surface area contributed by atoms with Gasteiger partial charge in [-0.15, -0.1) is 0 Å². The van der Waals surface area contributed by atoms with E-state index in [-0.39, 0.29) is 54.3 Å². The summed E-state index contributed by atoms with van der Waals surface area (Å²) in [5.74, 6) is -0.780. The number of rotatable bonds is 6. The summed E-state index contributed by atoms with van der Waals surface area (Å²) < 4.78 is 20.0. The van der Waals surface area contributed by atoms with Crippen molar-refractivity contribution < 1.29 is 18.7 Å². The van der Waals surface area contributed by atoms with Crippen LogP contribution in [0.4, 0.5) is 4.39 Å². The highest BCUT2D eigenvalue weighted by Crippen LogP contribution is 2.32. The summed E-state index contributed by atoms with van der Waals surface area (Å²) in [6, 6.07) is 3.85. The zero-order valence-corrected chi connectivity index (χ0v) is 20.9. The van der Waals surface area contributed by atoms with E-state index in [0.717, 1.165) is 0 Å². The summed E-state index contributed by atoms with van der Waals surface area (Å²) in [5.41, 5.74) is 1.82. The van der Waals surface area contributed by atoms with Crippen LogP contribution in [0.3, 0.4) is 0 Å². The number of hydrogen-bond acceptors (Lipinski definition) is 6. The molecule has 1 aliphatic heterocycles. The molecule has 35 heavy (non-hydrogen) atoms. The Morgan fingerprint density at radius 3 is 2.51 bits per heavy atom. The first-order valence-electron chi connectivity index (χ1n) is 11.7. The highest BCUT2D eigenvalue weighted by atomic mass is 35.5. The SMILES string of the molecule is Cc1nc(C2CN(C(=O)c3ccc(F)cc3OC3CC(NC(=O)C(C)C)C3)CC2=N)nc(C)c1Cl. The van der Waals surface area contributed by atoms with Crippen LogP contribution in [0.25, 0.3) is 0 Å². The van der Waals surface area contributed by atoms with Crippen LogP contribution in [-0.4, -0.2) is 57.6 Å². The normalized spacial score (nSPS) is 21.7. The van der Waals surface area contributed by atoms with Gasteiger partial charge < -0.3 is 20.4 Å². The van der Waals surface area contributed by atoms with Crippen molar-refractivity contribution in [1.29, 1.82) is 5.41 Å². The van der Waals surface area contributed by atoms with Crippen molar-refractivity contribution in [1.82, 2.24) is 20.2 Å². The van der Waals surface area contributed by atoms with Gasteiger partial charge in [0, 0.05) is 43.1 Å². The molecule has 2 N–H and O–H groups in total. The molecule has 2 aromatic rings. The Morgan fingerprint density at radius 1 is 1.23 bits per heavy atom. The van der Waals surface area contributed by atoms with Gasteiger partial charge in [-0.25, -0.2) is 14.4 Å². The third kappa shape index (κ3) is 5.29. The second kappa shape index (κ2) is 9.89. The number of ether oxygens (including phenoxy) is 1. The van der Waals surface area contributed by atoms with Gasteiger partial charge in [0.1, 0.15) is 23.5 Å². The largest absolute Gasteiger partial charge is 0.489 e. The molecule has 10 heteroatoms. The maximum Gasteiger partial charge on any atom is 0.257 e. The Morgan fingerprint density at radius 2 is 1.89 bits per heavy atom. The fourth-order valence-electron chi connectivity index (χ4n) is 4.26. The fourth-order valence-corrected chi connectivity index (χ4v) is 4.34. The molecule has 4 rings (SSSR count). The van der Waals surface area contributed by atoms with Crippen molar-refractivity contribution in [2.24, 2.45) is 5.92 Å². The zero-order chi connectivity index (χ0) is 25.4. The predicted octanol–water partition coefficient (Wildman–Crippen LogP) is 3.83. The minimum Gasteiger partial charge on any atom is -0.489 e. The molecule has 2 heterocycles. The Labute approximate surface area is 208 Å². The summed E-state index contributed by atoms with van der Waals surface area (Å²) in [6.45, 7) is 7.58. The topological polar surface area (TPSA) is 108 Å². The lowest BCUT2D eigenvalue weighted by molar-refractivity contribution is -0.125. The molecule has 1 unspecified atom stereocenters. The Bertz CT molecular complexity index is 1160. The Balaban J connectivity index is 1.46. The maximum atomic E-state index is 14.0. The molecule has 1 aromatic carbocycles. The number of benzene rings is 1. The van der Waals surface area contributed by atoms with Gasteiger partial charge in [0.05, 0.1) is 34.4 Å². The highest BCUT2D eigenvalue weighted by Gasteiger charge is 2.37. The maximum absolute atomic E-state index is 14.0. The number of likely N-dealkylation sites (tertiary alicyclic amines) is 1. The van der Waals surface area contributed by atoms with Gasteiger partial charge in [0.2, 0.25) is 5.91 Å². The monoisotopic (exact) mass is 501 g/mol. The fraction of sp³-hybridized carbons (Fsp3) is 0.480. The molecule has 2 fully saturated rings. The van der Waals surface area contributed by atoms with Crippen molar-refractivity contribution in [3.63, 3.8) is 0 Å². The molecular weight excluding hydrogens is 473 g/mol. The minimum absolute atomic E-state index is 0.00807. The van der Waals surface area contributed by atoms with Crippen LogP contribution < -0.4 is 10.1 Å². The Kier molecular flexibility index (Phi) is 7.07. The third-order valence-corrected chi connectivity index (χ3v) is 6.96. The molecule has 0 bridgehead atoms. The van der Waals surface area contributed by atoms with E-state index < -0.39 is 11.7 Å². The highest BCUT2D eigenvalue weighted by molar-refractivity contribution is 6.31. The number of nitrogens with zero attached hydrogens (tertiary/aromatic N) is 3. The van der Waals surface area contributed by atoms with E-state index in [1.165, 1.54) is 23.1 Å². The first-order valence-corrected chi connectivity index (χ1v) is 12.0. The molecule has 2 amide bonds. The van der Waals surface area contributed by atoms with E-state index in [9.17, 15) is 14.0 Å². The van der Waals surface area contributed by atoms with Crippen LogP contribution in [0.15, 0.2) is 18.2 Å². The van der Waals surface area contributed by atoms with Crippen LogP contribution in [0.1, 0.15) is 60.2 Å². The number of nitrogens with one attached hydrogen (secondary N) is 2. The van der Waals surface area contributed by atoms with Crippen molar-refractivity contribution in [2.45, 2.75) is 58.6 Å². The summed E-state index contributed by atoms with van der Waals surface area (Å²) in [6.07, 6.45) is 0.955. The van der Waals surface area contributed by atoms with Crippen LogP contribution in [0, 0.1) is 31.0 Å².